The number of aliphatic hydroxyl groups excluding tert-OH is 1. The van der Waals surface area contributed by atoms with E-state index < -0.39 is 68.3 Å². The number of aryl methyl sites for hydroxylation is 1. The number of Topliss-reactive ketones (excluding diaryl/α,β-unsaturated/α-hetero) is 3. The summed E-state index contributed by atoms with van der Waals surface area (Å²) in [7, 11) is -7.33. The molecule has 0 radical (unpaired) electrons. The third-order valence-corrected chi connectivity index (χ3v) is 28.7. The van der Waals surface area contributed by atoms with Gasteiger partial charge in [-0.25, -0.2) is 0 Å². The van der Waals surface area contributed by atoms with Crippen molar-refractivity contribution in [3.05, 3.63) is 54.5 Å². The summed E-state index contributed by atoms with van der Waals surface area (Å²) in [4.78, 5) is 55.4. The van der Waals surface area contributed by atoms with E-state index in [1.54, 1.807) is 19.7 Å². The highest BCUT2D eigenvalue weighted by atomic mass is 28.4. The molecule has 0 saturated heterocycles. The zero-order valence-corrected chi connectivity index (χ0v) is 49.9. The van der Waals surface area contributed by atoms with Crippen LogP contribution >= 0.6 is 0 Å². The molecule has 3 saturated carbocycles. The highest BCUT2D eigenvalue weighted by molar-refractivity contribution is 6.75. The van der Waals surface area contributed by atoms with Crippen molar-refractivity contribution >= 4 is 62.1 Å². The van der Waals surface area contributed by atoms with Gasteiger partial charge in [0.05, 0.1) is 22.7 Å². The van der Waals surface area contributed by atoms with Crippen molar-refractivity contribution in [3.63, 3.8) is 0 Å². The van der Waals surface area contributed by atoms with Gasteiger partial charge in [0.1, 0.15) is 30.6 Å². The van der Waals surface area contributed by atoms with E-state index in [9.17, 15) is 34.5 Å². The molecule has 3 fully saturated rings. The summed E-state index contributed by atoms with van der Waals surface area (Å²) in [5, 5.41) is 52.9. The molecule has 0 amide bonds. The molecule has 1 aromatic heterocycles. The SMILES string of the molecule is CB(O)N[C@H]1CCCC(=O)[C@@H]1O[Si](C)(C)C(C)(C)C.CB(O)N[C@H]1CCc2cc([N+](=O)[O-])cnc2[C@@H]1O[Si](C)(C)C(C)(C)C.CC(C)(C)[Si](C)(C)O[C@H]1C(=O)CCC[C@@H]1N=[N+]=[N-].[N-]=[N+]=N[C@H]1CCCC(=O)[C@@H]1O. The summed E-state index contributed by atoms with van der Waals surface area (Å²) in [5.74, 6) is 0.0475. The third-order valence-electron chi connectivity index (χ3n) is 15.4. The van der Waals surface area contributed by atoms with E-state index in [1.807, 2.05) is 0 Å². The van der Waals surface area contributed by atoms with Crippen molar-refractivity contribution in [1.29, 1.82) is 0 Å². The fourth-order valence-electron chi connectivity index (χ4n) is 7.98. The maximum absolute atomic E-state index is 12.2. The third kappa shape index (κ3) is 19.6. The lowest BCUT2D eigenvalue weighted by atomic mass is 9.81. The summed E-state index contributed by atoms with van der Waals surface area (Å²) >= 11 is 0. The van der Waals surface area contributed by atoms with Crippen LogP contribution in [0.5, 0.6) is 0 Å². The maximum Gasteiger partial charge on any atom is 0.373 e. The minimum absolute atomic E-state index is 0.00626. The summed E-state index contributed by atoms with van der Waals surface area (Å²) < 4.78 is 19.0. The Balaban J connectivity index is 0.000000345. The van der Waals surface area contributed by atoms with Gasteiger partial charge in [0, 0.05) is 47.2 Å². The van der Waals surface area contributed by atoms with Gasteiger partial charge in [0.15, 0.2) is 42.3 Å². The van der Waals surface area contributed by atoms with Crippen LogP contribution in [-0.2, 0) is 34.1 Å². The van der Waals surface area contributed by atoms with Crippen LogP contribution in [0.3, 0.4) is 0 Å². The highest BCUT2D eigenvalue weighted by Gasteiger charge is 2.46. The van der Waals surface area contributed by atoms with Crippen molar-refractivity contribution in [2.24, 2.45) is 10.2 Å². The topological polar surface area (TPSA) is 317 Å². The first kappa shape index (κ1) is 65.8. The number of rotatable bonds is 13. The summed E-state index contributed by atoms with van der Waals surface area (Å²) in [6.45, 7) is 35.7. The van der Waals surface area contributed by atoms with E-state index in [1.165, 1.54) is 6.20 Å². The second kappa shape index (κ2) is 27.6. The first-order chi connectivity index (χ1) is 33.4. The monoisotopic (exact) mass is 1070 g/mol. The molecular weight excluding hydrogens is 986 g/mol. The van der Waals surface area contributed by atoms with Crippen molar-refractivity contribution < 1.29 is 47.7 Å². The highest BCUT2D eigenvalue weighted by Crippen LogP contribution is 2.44. The molecule has 21 nitrogen and oxygen atoms in total. The average Bonchev–Trinajstić information content (AvgIpc) is 3.25. The summed E-state index contributed by atoms with van der Waals surface area (Å²) in [5.41, 5.74) is 18.3. The van der Waals surface area contributed by atoms with Crippen molar-refractivity contribution in [3.8, 4) is 0 Å². The minimum atomic E-state index is -2.08. The lowest BCUT2D eigenvalue weighted by Crippen LogP contribution is -2.57. The number of hydrogen-bond acceptors (Lipinski definition) is 16. The van der Waals surface area contributed by atoms with Crippen molar-refractivity contribution in [1.82, 2.24) is 15.4 Å². The second-order valence-corrected chi connectivity index (χ2v) is 38.7. The Kier molecular flexibility index (Phi) is 24.9. The van der Waals surface area contributed by atoms with Gasteiger partial charge in [0.25, 0.3) is 5.69 Å². The first-order valence-electron chi connectivity index (χ1n) is 25.8. The van der Waals surface area contributed by atoms with Gasteiger partial charge >= 0.3 is 14.1 Å². The average molecular weight is 1080 g/mol. The zero-order chi connectivity index (χ0) is 56.1. The number of hydrogen-bond donors (Lipinski definition) is 5. The Morgan fingerprint density at radius 2 is 1.07 bits per heavy atom. The van der Waals surface area contributed by atoms with E-state index in [2.05, 4.69) is 137 Å². The molecule has 26 heteroatoms. The van der Waals surface area contributed by atoms with Crippen LogP contribution < -0.4 is 10.5 Å². The molecule has 0 unspecified atom stereocenters. The molecule has 73 heavy (non-hydrogen) atoms. The van der Waals surface area contributed by atoms with Crippen LogP contribution in [0, 0.1) is 10.1 Å². The van der Waals surface area contributed by atoms with E-state index in [0.717, 1.165) is 43.4 Å². The number of aliphatic hydroxyl groups is 1. The van der Waals surface area contributed by atoms with Crippen molar-refractivity contribution in [2.75, 3.05) is 0 Å². The second-order valence-electron chi connectivity index (χ2n) is 24.4. The summed E-state index contributed by atoms with van der Waals surface area (Å²) in [6.07, 6.45) is 6.53. The lowest BCUT2D eigenvalue weighted by Gasteiger charge is -2.43. The number of carbonyl (C=O) groups is 3. The molecule has 5 rings (SSSR count). The molecular formula is C47H88B2N10O11Si3. The molecule has 4 aliphatic rings. The van der Waals surface area contributed by atoms with Gasteiger partial charge in [-0.2, -0.15) is 0 Å². The number of carbonyl (C=O) groups excluding carboxylic acids is 3. The Morgan fingerprint density at radius 3 is 1.52 bits per heavy atom. The van der Waals surface area contributed by atoms with Crippen LogP contribution in [0.25, 0.3) is 20.9 Å². The molecule has 1 aromatic rings. The Hall–Kier alpha value is -3.36. The Morgan fingerprint density at radius 1 is 0.671 bits per heavy atom. The predicted octanol–water partition coefficient (Wildman–Crippen LogP) is 9.85. The molecule has 4 aliphatic carbocycles. The van der Waals surface area contributed by atoms with E-state index in [0.29, 0.717) is 38.5 Å². The number of azide groups is 2. The van der Waals surface area contributed by atoms with Gasteiger partial charge in [0.2, 0.25) is 0 Å². The lowest BCUT2D eigenvalue weighted by molar-refractivity contribution is -0.385. The maximum atomic E-state index is 12.2. The molecule has 0 bridgehead atoms. The number of nitrogens with zero attached hydrogens (tertiary/aromatic N) is 8. The smallest absolute Gasteiger partial charge is 0.373 e. The molecule has 8 atom stereocenters. The number of fused-ring (bicyclic) bond motifs is 1. The molecule has 0 aliphatic heterocycles. The Labute approximate surface area is 437 Å². The van der Waals surface area contributed by atoms with Crippen LogP contribution in [0.4, 0.5) is 5.69 Å². The molecule has 0 aromatic carbocycles. The number of pyridine rings is 1. The zero-order valence-electron chi connectivity index (χ0n) is 46.9. The molecule has 410 valence electrons. The molecule has 5 N–H and O–H groups in total. The summed E-state index contributed by atoms with van der Waals surface area (Å²) in [6, 6.07) is 0.598. The van der Waals surface area contributed by atoms with Crippen LogP contribution in [0.2, 0.25) is 68.0 Å². The van der Waals surface area contributed by atoms with Crippen LogP contribution in [0.15, 0.2) is 22.5 Å². The van der Waals surface area contributed by atoms with Gasteiger partial charge in [-0.1, -0.05) is 72.5 Å². The fourth-order valence-corrected chi connectivity index (χ4v) is 11.8. The minimum Gasteiger partial charge on any atom is -0.437 e. The van der Waals surface area contributed by atoms with E-state index in [-0.39, 0.29) is 62.4 Å². The fraction of sp³-hybridized carbons (Fsp3) is 0.830. The first-order valence-corrected chi connectivity index (χ1v) is 34.5. The number of ketones is 3. The van der Waals surface area contributed by atoms with Gasteiger partial charge < -0.3 is 38.9 Å². The number of aromatic nitrogens is 1. The van der Waals surface area contributed by atoms with E-state index in [4.69, 9.17) is 29.4 Å². The quantitative estimate of drug-likeness (QED) is 0.0307. The van der Waals surface area contributed by atoms with Crippen molar-refractivity contribution in [2.45, 2.75) is 250 Å². The van der Waals surface area contributed by atoms with Gasteiger partial charge in [-0.3, -0.25) is 29.5 Å². The molecule has 0 spiro atoms. The van der Waals surface area contributed by atoms with Crippen LogP contribution in [0.1, 0.15) is 144 Å². The standard InChI is InChI=1S/C16H28BN3O4Si.C13H28BNO3Si.C12H23N3O2Si.C6H9N3O2/c1-16(2,3)25(5,6)24-15-13(19-17(4)21)8-7-11-9-12(20(22)23)10-18-14(11)15;1-13(2,3)19(5,6)18-12-10(15-14(4)17)8-7-9-11(12)16;1-12(2,3)18(4,5)17-11-9(14-15-13)7-6-8-10(11)16;7-9-8-4-2-1-3-5(10)6(4)11/h9-10,13,15,19,21H,7-8H2,1-6H3;10,12,15,17H,7-9H2,1-6H3;9,11H,6-8H2,1-5H3;4,6,11H,1-3H2/t13-,15+;10-,12+;9-,11+;4-,6+/m0000/s1. The van der Waals surface area contributed by atoms with Crippen LogP contribution in [-0.4, -0.2) is 124 Å². The number of nitro groups is 1. The van der Waals surface area contributed by atoms with Gasteiger partial charge in [-0.15, -0.1) is 0 Å². The normalized spacial score (nSPS) is 24.8. The number of nitrogens with one attached hydrogen (secondary N) is 2. The largest absolute Gasteiger partial charge is 0.437 e. The molecule has 1 heterocycles. The van der Waals surface area contributed by atoms with E-state index >= 15 is 0 Å². The van der Waals surface area contributed by atoms with Gasteiger partial charge in [-0.05, 0) is 136 Å². The Bertz CT molecular complexity index is 2130. The predicted molar refractivity (Wildman–Crippen MR) is 294 cm³/mol.